The highest BCUT2D eigenvalue weighted by atomic mass is 79.9. The monoisotopic (exact) mass is 359 g/mol. The maximum atomic E-state index is 6.03. The van der Waals surface area contributed by atoms with Gasteiger partial charge in [0.25, 0.3) is 0 Å². The van der Waals surface area contributed by atoms with Crippen molar-refractivity contribution in [3.05, 3.63) is 35.9 Å². The fourth-order valence-electron chi connectivity index (χ4n) is 3.25. The van der Waals surface area contributed by atoms with Crippen LogP contribution in [0.1, 0.15) is 24.8 Å². The summed E-state index contributed by atoms with van der Waals surface area (Å²) in [7, 11) is 0. The Hall–Kier alpha value is -0.0900. The van der Waals surface area contributed by atoms with Crippen molar-refractivity contribution in [2.45, 2.75) is 36.1 Å². The predicted octanol–water partition coefficient (Wildman–Crippen LogP) is 3.67. The van der Waals surface area contributed by atoms with Crippen molar-refractivity contribution in [2.75, 3.05) is 26.2 Å². The summed E-state index contributed by atoms with van der Waals surface area (Å²) in [5, 5.41) is 0. The zero-order valence-corrected chi connectivity index (χ0v) is 14.2. The molecule has 0 aromatic heterocycles. The predicted molar refractivity (Wildman–Crippen MR) is 89.1 cm³/mol. The van der Waals surface area contributed by atoms with Gasteiger partial charge in [0.05, 0.1) is 12.2 Å². The van der Waals surface area contributed by atoms with Crippen molar-refractivity contribution in [3.8, 4) is 0 Å². The van der Waals surface area contributed by atoms with Gasteiger partial charge in [-0.15, -0.1) is 12.4 Å². The van der Waals surface area contributed by atoms with Crippen molar-refractivity contribution in [1.29, 1.82) is 0 Å². The highest BCUT2D eigenvalue weighted by Gasteiger charge is 2.41. The van der Waals surface area contributed by atoms with Crippen LogP contribution in [-0.4, -0.2) is 41.6 Å². The minimum Gasteiger partial charge on any atom is -0.374 e. The standard InChI is InChI=1S/C16H22BrNO.ClH/c17-15-12-16(19-13-15)7-10-18(11-8-16)9-6-14-4-2-1-3-5-14;/h1-5,15H,6-13H2;1H. The zero-order valence-electron chi connectivity index (χ0n) is 11.8. The number of alkyl halides is 1. The van der Waals surface area contributed by atoms with Crippen LogP contribution < -0.4 is 0 Å². The van der Waals surface area contributed by atoms with E-state index < -0.39 is 0 Å². The largest absolute Gasteiger partial charge is 0.374 e. The lowest BCUT2D eigenvalue weighted by Crippen LogP contribution is -2.44. The van der Waals surface area contributed by atoms with Gasteiger partial charge >= 0.3 is 0 Å². The van der Waals surface area contributed by atoms with Gasteiger partial charge in [0.1, 0.15) is 0 Å². The summed E-state index contributed by atoms with van der Waals surface area (Å²) in [5.74, 6) is 0. The molecule has 0 amide bonds. The van der Waals surface area contributed by atoms with E-state index in [0.29, 0.717) is 4.83 Å². The summed E-state index contributed by atoms with van der Waals surface area (Å²) in [6.07, 6.45) is 4.75. The van der Waals surface area contributed by atoms with E-state index in [1.165, 1.54) is 44.5 Å². The minimum absolute atomic E-state index is 0. The van der Waals surface area contributed by atoms with Crippen molar-refractivity contribution in [3.63, 3.8) is 0 Å². The lowest BCUT2D eigenvalue weighted by molar-refractivity contribution is -0.0430. The van der Waals surface area contributed by atoms with E-state index in [0.717, 1.165) is 13.0 Å². The number of hydrogen-bond acceptors (Lipinski definition) is 2. The molecule has 2 heterocycles. The molecule has 2 nitrogen and oxygen atoms in total. The molecule has 3 rings (SSSR count). The average molecular weight is 361 g/mol. The van der Waals surface area contributed by atoms with E-state index in [-0.39, 0.29) is 18.0 Å². The highest BCUT2D eigenvalue weighted by molar-refractivity contribution is 9.09. The summed E-state index contributed by atoms with van der Waals surface area (Å²) in [5.41, 5.74) is 1.64. The number of halogens is 2. The Morgan fingerprint density at radius 2 is 1.90 bits per heavy atom. The maximum absolute atomic E-state index is 6.03. The number of benzene rings is 1. The van der Waals surface area contributed by atoms with Gasteiger partial charge in [0.15, 0.2) is 0 Å². The van der Waals surface area contributed by atoms with Gasteiger partial charge < -0.3 is 9.64 Å². The van der Waals surface area contributed by atoms with Crippen LogP contribution in [0.5, 0.6) is 0 Å². The van der Waals surface area contributed by atoms with Gasteiger partial charge in [-0.25, -0.2) is 0 Å². The first kappa shape index (κ1) is 16.3. The van der Waals surface area contributed by atoms with Crippen LogP contribution in [0.4, 0.5) is 0 Å². The third-order valence-electron chi connectivity index (χ3n) is 4.49. The molecule has 1 atom stereocenters. The summed E-state index contributed by atoms with van der Waals surface area (Å²) in [4.78, 5) is 3.16. The van der Waals surface area contributed by atoms with Crippen LogP contribution in [0.25, 0.3) is 0 Å². The van der Waals surface area contributed by atoms with Crippen LogP contribution in [0.3, 0.4) is 0 Å². The SMILES string of the molecule is BrC1COC2(CCN(CCc3ccccc3)CC2)C1.Cl. The molecule has 2 aliphatic heterocycles. The van der Waals surface area contributed by atoms with Crippen LogP contribution >= 0.6 is 28.3 Å². The van der Waals surface area contributed by atoms with Crippen LogP contribution in [-0.2, 0) is 11.2 Å². The molecule has 1 unspecified atom stereocenters. The number of hydrogen-bond donors (Lipinski definition) is 0. The third-order valence-corrected chi connectivity index (χ3v) is 5.08. The molecule has 20 heavy (non-hydrogen) atoms. The van der Waals surface area contributed by atoms with Crippen molar-refractivity contribution in [2.24, 2.45) is 0 Å². The zero-order chi connectivity index (χ0) is 13.1. The number of ether oxygens (including phenoxy) is 1. The Bertz CT molecular complexity index is 406. The molecule has 1 spiro atoms. The first-order valence-electron chi connectivity index (χ1n) is 7.30. The van der Waals surface area contributed by atoms with Crippen molar-refractivity contribution >= 4 is 28.3 Å². The Morgan fingerprint density at radius 3 is 2.50 bits per heavy atom. The van der Waals surface area contributed by atoms with Gasteiger partial charge in [-0.3, -0.25) is 0 Å². The Morgan fingerprint density at radius 1 is 1.20 bits per heavy atom. The molecular formula is C16H23BrClNO. The molecule has 0 radical (unpaired) electrons. The molecule has 2 aliphatic rings. The highest BCUT2D eigenvalue weighted by Crippen LogP contribution is 2.38. The number of piperidine rings is 1. The van der Waals surface area contributed by atoms with E-state index in [1.807, 2.05) is 0 Å². The van der Waals surface area contributed by atoms with E-state index in [1.54, 1.807) is 0 Å². The molecule has 1 aromatic carbocycles. The summed E-state index contributed by atoms with van der Waals surface area (Å²) < 4.78 is 6.03. The normalized spacial score (nSPS) is 25.6. The molecule has 112 valence electrons. The number of nitrogens with zero attached hydrogens (tertiary/aromatic N) is 1. The van der Waals surface area contributed by atoms with Gasteiger partial charge in [-0.05, 0) is 31.2 Å². The Balaban J connectivity index is 0.00000147. The fourth-order valence-corrected chi connectivity index (χ4v) is 3.98. The number of likely N-dealkylation sites (tertiary alicyclic amines) is 1. The second kappa shape index (κ2) is 7.26. The summed E-state index contributed by atoms with van der Waals surface area (Å²) >= 11 is 3.69. The first-order chi connectivity index (χ1) is 9.26. The van der Waals surface area contributed by atoms with E-state index in [4.69, 9.17) is 4.74 Å². The quantitative estimate of drug-likeness (QED) is 0.763. The molecule has 1 aromatic rings. The minimum atomic E-state index is 0. The molecule has 0 saturated carbocycles. The fraction of sp³-hybridized carbons (Fsp3) is 0.625. The summed E-state index contributed by atoms with van der Waals surface area (Å²) in [6.45, 7) is 4.45. The molecule has 0 N–H and O–H groups in total. The smallest absolute Gasteiger partial charge is 0.0719 e. The van der Waals surface area contributed by atoms with Gasteiger partial charge in [-0.1, -0.05) is 46.3 Å². The molecule has 2 fully saturated rings. The van der Waals surface area contributed by atoms with E-state index >= 15 is 0 Å². The van der Waals surface area contributed by atoms with E-state index in [2.05, 4.69) is 51.2 Å². The third kappa shape index (κ3) is 3.97. The van der Waals surface area contributed by atoms with Crippen molar-refractivity contribution < 1.29 is 4.74 Å². The van der Waals surface area contributed by atoms with Gasteiger partial charge in [0.2, 0.25) is 0 Å². The Labute approximate surface area is 136 Å². The molecular weight excluding hydrogens is 338 g/mol. The van der Waals surface area contributed by atoms with Crippen LogP contribution in [0.2, 0.25) is 0 Å². The Kier molecular flexibility index (Phi) is 5.91. The first-order valence-corrected chi connectivity index (χ1v) is 8.22. The van der Waals surface area contributed by atoms with Crippen molar-refractivity contribution in [1.82, 2.24) is 4.90 Å². The van der Waals surface area contributed by atoms with Gasteiger partial charge in [0, 0.05) is 24.5 Å². The molecule has 2 saturated heterocycles. The van der Waals surface area contributed by atoms with E-state index in [9.17, 15) is 0 Å². The molecule has 0 aliphatic carbocycles. The van der Waals surface area contributed by atoms with Crippen LogP contribution in [0.15, 0.2) is 30.3 Å². The molecule has 4 heteroatoms. The maximum Gasteiger partial charge on any atom is 0.0719 e. The topological polar surface area (TPSA) is 12.5 Å². The second-order valence-corrected chi connectivity index (χ2v) is 7.17. The van der Waals surface area contributed by atoms with Crippen LogP contribution in [0, 0.1) is 0 Å². The number of rotatable bonds is 3. The van der Waals surface area contributed by atoms with Gasteiger partial charge in [-0.2, -0.15) is 0 Å². The average Bonchev–Trinajstić information content (AvgIpc) is 2.81. The molecule has 0 bridgehead atoms. The lowest BCUT2D eigenvalue weighted by atomic mass is 9.88. The summed E-state index contributed by atoms with van der Waals surface area (Å²) in [6, 6.07) is 10.8. The lowest BCUT2D eigenvalue weighted by Gasteiger charge is -2.38. The second-order valence-electron chi connectivity index (χ2n) is 5.87.